The lowest BCUT2D eigenvalue weighted by Gasteiger charge is -2.31. The number of methoxy groups -OCH3 is 1. The first-order valence-corrected chi connectivity index (χ1v) is 12.0. The number of benzene rings is 1. The maximum atomic E-state index is 11.2. The summed E-state index contributed by atoms with van der Waals surface area (Å²) in [6, 6.07) is 10.7. The smallest absolute Gasteiger partial charge is 0.231 e. The molecule has 1 aromatic carbocycles. The number of piperidine rings is 1. The number of nitrogens with one attached hydrogen (secondary N) is 1. The van der Waals surface area contributed by atoms with Crippen LogP contribution in [-0.2, 0) is 4.79 Å². The largest absolute Gasteiger partial charge is 0.493 e. The second-order valence-corrected chi connectivity index (χ2v) is 9.48. The van der Waals surface area contributed by atoms with Gasteiger partial charge in [0.05, 0.1) is 25.0 Å². The van der Waals surface area contributed by atoms with Crippen LogP contribution >= 0.6 is 0 Å². The predicted octanol–water partition coefficient (Wildman–Crippen LogP) is 3.58. The summed E-state index contributed by atoms with van der Waals surface area (Å²) >= 11 is 0. The molecule has 1 saturated heterocycles. The number of aromatic nitrogens is 5. The Morgan fingerprint density at radius 1 is 1.20 bits per heavy atom. The van der Waals surface area contributed by atoms with E-state index in [0.29, 0.717) is 23.9 Å². The van der Waals surface area contributed by atoms with Crippen molar-refractivity contribution in [3.63, 3.8) is 0 Å². The number of primary amides is 1. The van der Waals surface area contributed by atoms with Gasteiger partial charge in [0.2, 0.25) is 5.91 Å². The molecular formula is C26H31N7O2. The number of nitrogens with zero attached hydrogens (tertiary/aromatic N) is 5. The standard InChI is InChI=1S/C26H31N7O2/c1-16(2)23-24(30-31-25(23)20-12-21(35-3)26-28-15-29-33(26)13-20)19-6-4-17(5-7-19)18-8-10-32(11-9-18)14-22(27)34/h4-7,12-13,15-16,18H,8-11,14H2,1-3H3,(H2,27,34)(H,30,31). The van der Waals surface area contributed by atoms with Gasteiger partial charge < -0.3 is 10.5 Å². The molecule has 9 heteroatoms. The van der Waals surface area contributed by atoms with Crippen LogP contribution in [0, 0.1) is 0 Å². The number of carbonyl (C=O) groups excluding carboxylic acids is 1. The first kappa shape index (κ1) is 23.0. The first-order chi connectivity index (χ1) is 16.9. The van der Waals surface area contributed by atoms with E-state index in [4.69, 9.17) is 15.6 Å². The zero-order chi connectivity index (χ0) is 24.5. The summed E-state index contributed by atoms with van der Waals surface area (Å²) in [5, 5.41) is 12.3. The first-order valence-electron chi connectivity index (χ1n) is 12.0. The van der Waals surface area contributed by atoms with Crippen LogP contribution in [0.2, 0.25) is 0 Å². The fourth-order valence-electron chi connectivity index (χ4n) is 5.09. The Hall–Kier alpha value is -3.72. The summed E-state index contributed by atoms with van der Waals surface area (Å²) in [5.41, 5.74) is 12.4. The van der Waals surface area contributed by atoms with Crippen LogP contribution in [0.1, 0.15) is 49.7 Å². The lowest BCUT2D eigenvalue weighted by molar-refractivity contribution is -0.119. The molecular weight excluding hydrogens is 442 g/mol. The van der Waals surface area contributed by atoms with Gasteiger partial charge in [-0.2, -0.15) is 10.2 Å². The summed E-state index contributed by atoms with van der Waals surface area (Å²) < 4.78 is 7.28. The van der Waals surface area contributed by atoms with E-state index < -0.39 is 0 Å². The highest BCUT2D eigenvalue weighted by Crippen LogP contribution is 2.38. The van der Waals surface area contributed by atoms with Gasteiger partial charge in [-0.25, -0.2) is 9.50 Å². The van der Waals surface area contributed by atoms with Crippen LogP contribution in [0.3, 0.4) is 0 Å². The van der Waals surface area contributed by atoms with E-state index >= 15 is 0 Å². The summed E-state index contributed by atoms with van der Waals surface area (Å²) in [7, 11) is 1.64. The predicted molar refractivity (Wildman–Crippen MR) is 134 cm³/mol. The number of amides is 1. The SMILES string of the molecule is COc1cc(-c2[nH]nc(-c3ccc(C4CCN(CC(N)=O)CC4)cc3)c2C(C)C)cn2ncnc12. The second kappa shape index (κ2) is 9.50. The van der Waals surface area contributed by atoms with Crippen molar-refractivity contribution in [3.8, 4) is 28.3 Å². The highest BCUT2D eigenvalue weighted by atomic mass is 16.5. The van der Waals surface area contributed by atoms with Crippen molar-refractivity contribution in [2.45, 2.75) is 38.5 Å². The maximum Gasteiger partial charge on any atom is 0.231 e. The van der Waals surface area contributed by atoms with Gasteiger partial charge >= 0.3 is 0 Å². The Balaban J connectivity index is 1.42. The molecule has 9 nitrogen and oxygen atoms in total. The summed E-state index contributed by atoms with van der Waals surface area (Å²) in [6.07, 6.45) is 5.53. The van der Waals surface area contributed by atoms with Crippen LogP contribution in [0.4, 0.5) is 0 Å². The van der Waals surface area contributed by atoms with Crippen molar-refractivity contribution in [1.82, 2.24) is 29.7 Å². The van der Waals surface area contributed by atoms with Crippen molar-refractivity contribution < 1.29 is 9.53 Å². The number of ether oxygens (including phenoxy) is 1. The number of aromatic amines is 1. The van der Waals surface area contributed by atoms with Crippen molar-refractivity contribution in [1.29, 1.82) is 0 Å². The Morgan fingerprint density at radius 3 is 2.60 bits per heavy atom. The number of hydrogen-bond donors (Lipinski definition) is 2. The molecule has 1 fully saturated rings. The minimum atomic E-state index is -0.258. The molecule has 35 heavy (non-hydrogen) atoms. The topological polar surface area (TPSA) is 114 Å². The van der Waals surface area contributed by atoms with Gasteiger partial charge in [-0.05, 0) is 49.4 Å². The third-order valence-electron chi connectivity index (χ3n) is 6.85. The van der Waals surface area contributed by atoms with E-state index in [1.54, 1.807) is 11.6 Å². The van der Waals surface area contributed by atoms with Crippen molar-refractivity contribution >= 4 is 11.6 Å². The van der Waals surface area contributed by atoms with Gasteiger partial charge in [0.1, 0.15) is 6.33 Å². The number of nitrogens with two attached hydrogens (primary N) is 1. The van der Waals surface area contributed by atoms with Crippen molar-refractivity contribution in [2.24, 2.45) is 5.73 Å². The average Bonchev–Trinajstić information content (AvgIpc) is 3.51. The molecule has 0 atom stereocenters. The van der Waals surface area contributed by atoms with E-state index in [1.165, 1.54) is 11.9 Å². The van der Waals surface area contributed by atoms with E-state index in [-0.39, 0.29) is 11.8 Å². The Morgan fingerprint density at radius 2 is 1.94 bits per heavy atom. The van der Waals surface area contributed by atoms with Gasteiger partial charge in [-0.1, -0.05) is 38.1 Å². The molecule has 0 saturated carbocycles. The fraction of sp³-hybridized carbons (Fsp3) is 0.385. The number of likely N-dealkylation sites (tertiary alicyclic amines) is 1. The highest BCUT2D eigenvalue weighted by Gasteiger charge is 2.23. The van der Waals surface area contributed by atoms with Crippen LogP contribution < -0.4 is 10.5 Å². The lowest BCUT2D eigenvalue weighted by Crippen LogP contribution is -2.39. The van der Waals surface area contributed by atoms with Gasteiger partial charge in [0.15, 0.2) is 11.4 Å². The molecule has 3 aromatic heterocycles. The van der Waals surface area contributed by atoms with Gasteiger partial charge in [-0.15, -0.1) is 0 Å². The molecule has 1 aliphatic rings. The van der Waals surface area contributed by atoms with Gasteiger partial charge in [0.25, 0.3) is 0 Å². The van der Waals surface area contributed by atoms with Crippen molar-refractivity contribution in [2.75, 3.05) is 26.7 Å². The molecule has 3 N–H and O–H groups in total. The lowest BCUT2D eigenvalue weighted by atomic mass is 9.88. The Labute approximate surface area is 204 Å². The zero-order valence-electron chi connectivity index (χ0n) is 20.4. The Kier molecular flexibility index (Phi) is 6.25. The molecule has 0 bridgehead atoms. The van der Waals surface area contributed by atoms with E-state index in [1.807, 2.05) is 12.3 Å². The van der Waals surface area contributed by atoms with E-state index in [2.05, 4.69) is 58.2 Å². The van der Waals surface area contributed by atoms with Gasteiger partial charge in [0, 0.05) is 22.9 Å². The van der Waals surface area contributed by atoms with E-state index in [0.717, 1.165) is 54.0 Å². The number of carbonyl (C=O) groups is 1. The number of rotatable bonds is 7. The summed E-state index contributed by atoms with van der Waals surface area (Å²) in [5.74, 6) is 1.16. The van der Waals surface area contributed by atoms with Crippen LogP contribution in [0.5, 0.6) is 5.75 Å². The third kappa shape index (κ3) is 4.51. The van der Waals surface area contributed by atoms with E-state index in [9.17, 15) is 4.79 Å². The normalized spacial score (nSPS) is 15.2. The molecule has 0 unspecified atom stereocenters. The summed E-state index contributed by atoms with van der Waals surface area (Å²) in [4.78, 5) is 17.6. The second-order valence-electron chi connectivity index (χ2n) is 9.48. The molecule has 0 aliphatic carbocycles. The minimum Gasteiger partial charge on any atom is -0.493 e. The fourth-order valence-corrected chi connectivity index (χ4v) is 5.09. The molecule has 0 radical (unpaired) electrons. The number of hydrogen-bond acceptors (Lipinski definition) is 6. The molecule has 5 rings (SSSR count). The van der Waals surface area contributed by atoms with Gasteiger partial charge in [-0.3, -0.25) is 14.8 Å². The molecule has 4 aromatic rings. The zero-order valence-corrected chi connectivity index (χ0v) is 20.4. The third-order valence-corrected chi connectivity index (χ3v) is 6.85. The number of pyridine rings is 1. The monoisotopic (exact) mass is 473 g/mol. The highest BCUT2D eigenvalue weighted by molar-refractivity contribution is 5.77. The van der Waals surface area contributed by atoms with Crippen LogP contribution in [0.15, 0.2) is 42.9 Å². The molecule has 182 valence electrons. The van der Waals surface area contributed by atoms with Crippen LogP contribution in [-0.4, -0.2) is 62.3 Å². The molecule has 1 aliphatic heterocycles. The minimum absolute atomic E-state index is 0.255. The quantitative estimate of drug-likeness (QED) is 0.424. The molecule has 4 heterocycles. The van der Waals surface area contributed by atoms with Crippen molar-refractivity contribution in [3.05, 3.63) is 54.0 Å². The van der Waals surface area contributed by atoms with Crippen LogP contribution in [0.25, 0.3) is 28.2 Å². The molecule has 0 spiro atoms. The maximum absolute atomic E-state index is 11.2. The Bertz CT molecular complexity index is 1330. The number of H-pyrrole nitrogens is 1. The summed E-state index contributed by atoms with van der Waals surface area (Å²) in [6.45, 7) is 6.50. The number of fused-ring (bicyclic) bond motifs is 1. The molecule has 1 amide bonds. The average molecular weight is 474 g/mol.